The van der Waals surface area contributed by atoms with E-state index in [0.29, 0.717) is 13.1 Å². The third kappa shape index (κ3) is 3.12. The number of sulfone groups is 1. The number of aryl methyl sites for hydroxylation is 1. The Balaban J connectivity index is 1.71. The highest BCUT2D eigenvalue weighted by Gasteiger charge is 2.36. The molecule has 1 aromatic rings. The molecule has 1 saturated heterocycles. The Kier molecular flexibility index (Phi) is 4.18. The molecule has 0 saturated carbocycles. The molecular weight excluding hydrogens is 320 g/mol. The third-order valence-electron chi connectivity index (χ3n) is 4.33. The largest absolute Gasteiger partial charge is 0.496 e. The molecule has 0 unspecified atom stereocenters. The van der Waals surface area contributed by atoms with Gasteiger partial charge in [-0.25, -0.2) is 8.42 Å². The summed E-state index contributed by atoms with van der Waals surface area (Å²) in [5.41, 5.74) is 0.838. The van der Waals surface area contributed by atoms with Gasteiger partial charge in [0.2, 0.25) is 0 Å². The van der Waals surface area contributed by atoms with Crippen molar-refractivity contribution in [2.75, 3.05) is 25.4 Å². The number of hydrogen-bond donors (Lipinski definition) is 0. The van der Waals surface area contributed by atoms with Crippen LogP contribution in [-0.2, 0) is 19.4 Å². The van der Waals surface area contributed by atoms with Gasteiger partial charge in [0.25, 0.3) is 5.91 Å². The molecule has 0 radical (unpaired) electrons. The van der Waals surface area contributed by atoms with Gasteiger partial charge in [0, 0.05) is 25.1 Å². The minimum Gasteiger partial charge on any atom is -0.496 e. The lowest BCUT2D eigenvalue weighted by Gasteiger charge is -2.32. The maximum Gasteiger partial charge on any atom is 0.268 e. The monoisotopic (exact) mass is 340 g/mol. The van der Waals surface area contributed by atoms with Gasteiger partial charge in [0.15, 0.2) is 14.7 Å². The molecule has 2 aliphatic rings. The molecule has 0 atom stereocenters. The van der Waals surface area contributed by atoms with Gasteiger partial charge in [-0.2, -0.15) is 0 Å². The number of hydrogen-bond acceptors (Lipinski definition) is 6. The van der Waals surface area contributed by atoms with E-state index < -0.39 is 15.7 Å². The van der Waals surface area contributed by atoms with Crippen molar-refractivity contribution in [2.24, 2.45) is 0 Å². The molecule has 1 fully saturated rings. The number of likely N-dealkylation sites (tertiary alicyclic amines) is 1. The van der Waals surface area contributed by atoms with Crippen molar-refractivity contribution in [1.82, 2.24) is 10.1 Å². The minimum atomic E-state index is -3.55. The molecule has 23 heavy (non-hydrogen) atoms. The van der Waals surface area contributed by atoms with E-state index in [-0.39, 0.29) is 28.9 Å². The highest BCUT2D eigenvalue weighted by atomic mass is 32.2. The van der Waals surface area contributed by atoms with E-state index in [2.05, 4.69) is 5.16 Å². The standard InChI is InChI=1S/C15H20N2O5S/c1-10-9-13(22-16-10)12-3-5-17(6-4-12)15(18)14-11(2)21-7-8-23(14,19)20/h9,12H,3-8H2,1-2H3. The topological polar surface area (TPSA) is 89.7 Å². The SMILES string of the molecule is CC1=C(C(=O)N2CCC(c3cc(C)no3)CC2)S(=O)(=O)CCO1. The smallest absolute Gasteiger partial charge is 0.268 e. The van der Waals surface area contributed by atoms with E-state index in [1.54, 1.807) is 4.90 Å². The van der Waals surface area contributed by atoms with Crippen LogP contribution in [-0.4, -0.2) is 49.8 Å². The number of ether oxygens (including phenoxy) is 1. The van der Waals surface area contributed by atoms with Crippen LogP contribution in [0.5, 0.6) is 0 Å². The van der Waals surface area contributed by atoms with E-state index in [1.807, 2.05) is 13.0 Å². The maximum absolute atomic E-state index is 12.6. The molecule has 0 aliphatic carbocycles. The van der Waals surface area contributed by atoms with Crippen molar-refractivity contribution in [3.63, 3.8) is 0 Å². The summed E-state index contributed by atoms with van der Waals surface area (Å²) in [6.07, 6.45) is 1.46. The van der Waals surface area contributed by atoms with Gasteiger partial charge in [-0.05, 0) is 26.7 Å². The average molecular weight is 340 g/mol. The summed E-state index contributed by atoms with van der Waals surface area (Å²) in [6, 6.07) is 1.91. The second-order valence-corrected chi connectivity index (χ2v) is 8.04. The highest BCUT2D eigenvalue weighted by molar-refractivity contribution is 7.96. The van der Waals surface area contributed by atoms with Gasteiger partial charge in [-0.3, -0.25) is 4.79 Å². The maximum atomic E-state index is 12.6. The van der Waals surface area contributed by atoms with E-state index >= 15 is 0 Å². The number of nitrogens with zero attached hydrogens (tertiary/aromatic N) is 2. The van der Waals surface area contributed by atoms with Crippen LogP contribution in [0.4, 0.5) is 0 Å². The predicted octanol–water partition coefficient (Wildman–Crippen LogP) is 1.37. The lowest BCUT2D eigenvalue weighted by atomic mass is 9.94. The lowest BCUT2D eigenvalue weighted by Crippen LogP contribution is -2.41. The first kappa shape index (κ1) is 16.0. The summed E-state index contributed by atoms with van der Waals surface area (Å²) in [5, 5.41) is 3.89. The Morgan fingerprint density at radius 1 is 1.30 bits per heavy atom. The Morgan fingerprint density at radius 3 is 2.57 bits per heavy atom. The van der Waals surface area contributed by atoms with Crippen LogP contribution < -0.4 is 0 Å². The quantitative estimate of drug-likeness (QED) is 0.808. The molecule has 1 amide bonds. The summed E-state index contributed by atoms with van der Waals surface area (Å²) in [7, 11) is -3.55. The second kappa shape index (κ2) is 5.99. The first-order valence-corrected chi connectivity index (χ1v) is 9.32. The zero-order valence-corrected chi connectivity index (χ0v) is 14.1. The molecule has 0 spiro atoms. The summed E-state index contributed by atoms with van der Waals surface area (Å²) in [4.78, 5) is 14.0. The van der Waals surface area contributed by atoms with Crippen molar-refractivity contribution in [1.29, 1.82) is 0 Å². The molecule has 8 heteroatoms. The predicted molar refractivity (Wildman–Crippen MR) is 82.2 cm³/mol. The molecule has 7 nitrogen and oxygen atoms in total. The lowest BCUT2D eigenvalue weighted by molar-refractivity contribution is -0.127. The summed E-state index contributed by atoms with van der Waals surface area (Å²) >= 11 is 0. The van der Waals surface area contributed by atoms with Crippen LogP contribution in [0.15, 0.2) is 21.3 Å². The Morgan fingerprint density at radius 2 is 2.00 bits per heavy atom. The summed E-state index contributed by atoms with van der Waals surface area (Å²) in [5.74, 6) is 0.663. The van der Waals surface area contributed by atoms with Gasteiger partial charge >= 0.3 is 0 Å². The molecule has 0 bridgehead atoms. The van der Waals surface area contributed by atoms with Crippen LogP contribution in [0.2, 0.25) is 0 Å². The van der Waals surface area contributed by atoms with Gasteiger partial charge in [-0.15, -0.1) is 0 Å². The fourth-order valence-corrected chi connectivity index (χ4v) is 4.46. The second-order valence-electron chi connectivity index (χ2n) is 5.99. The Bertz CT molecular complexity index is 742. The number of aromatic nitrogens is 1. The zero-order chi connectivity index (χ0) is 16.6. The molecule has 2 aliphatic heterocycles. The summed E-state index contributed by atoms with van der Waals surface area (Å²) in [6.45, 7) is 4.51. The van der Waals surface area contributed by atoms with E-state index in [9.17, 15) is 13.2 Å². The third-order valence-corrected chi connectivity index (χ3v) is 6.11. The highest BCUT2D eigenvalue weighted by Crippen LogP contribution is 2.30. The molecule has 0 N–H and O–H groups in total. The van der Waals surface area contributed by atoms with Gasteiger partial charge in [0.1, 0.15) is 18.1 Å². The van der Waals surface area contributed by atoms with E-state index in [1.165, 1.54) is 6.92 Å². The van der Waals surface area contributed by atoms with Crippen LogP contribution >= 0.6 is 0 Å². The number of allylic oxidation sites excluding steroid dienone is 1. The number of rotatable bonds is 2. The minimum absolute atomic E-state index is 0.109. The number of carbonyl (C=O) groups excluding carboxylic acids is 1. The Hall–Kier alpha value is -1.83. The fraction of sp³-hybridized carbons (Fsp3) is 0.600. The average Bonchev–Trinajstić information content (AvgIpc) is 2.93. The van der Waals surface area contributed by atoms with Crippen LogP contribution in [0.1, 0.15) is 37.1 Å². The van der Waals surface area contributed by atoms with Crippen LogP contribution in [0.3, 0.4) is 0 Å². The van der Waals surface area contributed by atoms with Gasteiger partial charge < -0.3 is 14.2 Å². The normalized spacial score (nSPS) is 22.1. The number of amides is 1. The van der Waals surface area contributed by atoms with Crippen molar-refractivity contribution in [2.45, 2.75) is 32.6 Å². The summed E-state index contributed by atoms with van der Waals surface area (Å²) < 4.78 is 34.9. The van der Waals surface area contributed by atoms with E-state index in [0.717, 1.165) is 24.3 Å². The molecule has 126 valence electrons. The Labute approximate surface area is 135 Å². The van der Waals surface area contributed by atoms with Gasteiger partial charge in [0.05, 0.1) is 11.4 Å². The molecule has 0 aromatic carbocycles. The zero-order valence-electron chi connectivity index (χ0n) is 13.2. The first-order chi connectivity index (χ1) is 10.9. The van der Waals surface area contributed by atoms with Crippen molar-refractivity contribution < 1.29 is 22.5 Å². The molecule has 3 heterocycles. The fourth-order valence-electron chi connectivity index (χ4n) is 3.06. The van der Waals surface area contributed by atoms with Crippen LogP contribution in [0, 0.1) is 6.92 Å². The number of piperidine rings is 1. The first-order valence-electron chi connectivity index (χ1n) is 7.67. The van der Waals surface area contributed by atoms with E-state index in [4.69, 9.17) is 9.26 Å². The van der Waals surface area contributed by atoms with Crippen molar-refractivity contribution >= 4 is 15.7 Å². The molecule has 3 rings (SSSR count). The van der Waals surface area contributed by atoms with Crippen molar-refractivity contribution in [3.05, 3.63) is 28.2 Å². The van der Waals surface area contributed by atoms with Crippen LogP contribution in [0.25, 0.3) is 0 Å². The van der Waals surface area contributed by atoms with Gasteiger partial charge in [-0.1, -0.05) is 5.16 Å². The number of carbonyl (C=O) groups is 1. The molecular formula is C15H20N2O5S. The van der Waals surface area contributed by atoms with Crippen molar-refractivity contribution in [3.8, 4) is 0 Å². The molecule has 1 aromatic heterocycles.